The highest BCUT2D eigenvalue weighted by atomic mass is 32.2. The molecule has 0 radical (unpaired) electrons. The standard InChI is InChI=1S/C17H21N3O4S/c1-10-9-14(17(21)24-4)13-7-5-6-8-15(13)20(10)25(22,23)16-11(2)18-19-12(16)3/h5-8,10,14H,9H2,1-4H3,(H,18,19). The summed E-state index contributed by atoms with van der Waals surface area (Å²) in [5.41, 5.74) is 2.10. The molecule has 0 amide bonds. The summed E-state index contributed by atoms with van der Waals surface area (Å²) in [7, 11) is -2.47. The molecule has 1 aromatic heterocycles. The Balaban J connectivity index is 2.18. The van der Waals surface area contributed by atoms with E-state index in [1.165, 1.54) is 11.4 Å². The molecule has 1 aliphatic rings. The fourth-order valence-corrected chi connectivity index (χ4v) is 5.57. The van der Waals surface area contributed by atoms with Gasteiger partial charge in [-0.3, -0.25) is 14.2 Å². The third kappa shape index (κ3) is 2.70. The topological polar surface area (TPSA) is 92.4 Å². The number of aromatic amines is 1. The Morgan fingerprint density at radius 2 is 2.00 bits per heavy atom. The van der Waals surface area contributed by atoms with Gasteiger partial charge in [0, 0.05) is 6.04 Å². The van der Waals surface area contributed by atoms with Gasteiger partial charge in [-0.15, -0.1) is 0 Å². The number of fused-ring (bicyclic) bond motifs is 1. The molecule has 2 heterocycles. The van der Waals surface area contributed by atoms with Gasteiger partial charge in [0.2, 0.25) is 0 Å². The molecule has 1 aromatic carbocycles. The second kappa shape index (κ2) is 6.18. The zero-order valence-corrected chi connectivity index (χ0v) is 15.4. The van der Waals surface area contributed by atoms with Gasteiger partial charge < -0.3 is 4.74 Å². The molecule has 0 spiro atoms. The van der Waals surface area contributed by atoms with Gasteiger partial charge in [-0.2, -0.15) is 5.10 Å². The lowest BCUT2D eigenvalue weighted by Crippen LogP contribution is -2.44. The van der Waals surface area contributed by atoms with E-state index in [2.05, 4.69) is 10.2 Å². The molecule has 3 rings (SSSR count). The lowest BCUT2D eigenvalue weighted by molar-refractivity contribution is -0.142. The van der Waals surface area contributed by atoms with Crippen LogP contribution in [-0.2, 0) is 19.6 Å². The largest absolute Gasteiger partial charge is 0.469 e. The van der Waals surface area contributed by atoms with Crippen LogP contribution in [0.2, 0.25) is 0 Å². The summed E-state index contributed by atoms with van der Waals surface area (Å²) in [6.45, 7) is 5.15. The van der Waals surface area contributed by atoms with Crippen LogP contribution >= 0.6 is 0 Å². The highest BCUT2D eigenvalue weighted by Gasteiger charge is 2.41. The molecule has 2 atom stereocenters. The van der Waals surface area contributed by atoms with E-state index in [1.54, 1.807) is 45.0 Å². The number of anilines is 1. The molecule has 1 aliphatic heterocycles. The Morgan fingerprint density at radius 1 is 1.32 bits per heavy atom. The van der Waals surface area contributed by atoms with E-state index in [1.807, 2.05) is 0 Å². The van der Waals surface area contributed by atoms with E-state index in [-0.39, 0.29) is 10.9 Å². The number of H-pyrrole nitrogens is 1. The van der Waals surface area contributed by atoms with Gasteiger partial charge in [0.05, 0.1) is 30.1 Å². The smallest absolute Gasteiger partial charge is 0.313 e. The van der Waals surface area contributed by atoms with Crippen molar-refractivity contribution >= 4 is 21.7 Å². The number of aryl methyl sites for hydroxylation is 2. The van der Waals surface area contributed by atoms with E-state index >= 15 is 0 Å². The number of carbonyl (C=O) groups excluding carboxylic acids is 1. The van der Waals surface area contributed by atoms with E-state index in [0.717, 1.165) is 0 Å². The average Bonchev–Trinajstić information content (AvgIpc) is 2.92. The quantitative estimate of drug-likeness (QED) is 0.845. The Hall–Kier alpha value is -2.35. The number of hydrogen-bond donors (Lipinski definition) is 1. The summed E-state index contributed by atoms with van der Waals surface area (Å²) < 4.78 is 33.0. The molecule has 2 unspecified atom stereocenters. The van der Waals surface area contributed by atoms with Gasteiger partial charge in [0.25, 0.3) is 10.0 Å². The van der Waals surface area contributed by atoms with Crippen molar-refractivity contribution in [1.29, 1.82) is 0 Å². The molecule has 1 N–H and O–H groups in total. The Bertz CT molecular complexity index is 900. The Labute approximate surface area is 147 Å². The summed E-state index contributed by atoms with van der Waals surface area (Å²) in [5, 5.41) is 6.74. The first-order valence-corrected chi connectivity index (χ1v) is 9.45. The third-order valence-corrected chi connectivity index (χ3v) is 6.78. The Morgan fingerprint density at radius 3 is 2.60 bits per heavy atom. The number of nitrogens with zero attached hydrogens (tertiary/aromatic N) is 2. The van der Waals surface area contributed by atoms with Gasteiger partial charge in [-0.1, -0.05) is 18.2 Å². The van der Waals surface area contributed by atoms with Crippen molar-refractivity contribution < 1.29 is 17.9 Å². The van der Waals surface area contributed by atoms with Crippen LogP contribution in [0.1, 0.15) is 36.2 Å². The minimum atomic E-state index is -3.81. The number of benzene rings is 1. The monoisotopic (exact) mass is 363 g/mol. The fourth-order valence-electron chi connectivity index (χ4n) is 3.54. The zero-order valence-electron chi connectivity index (χ0n) is 14.6. The van der Waals surface area contributed by atoms with E-state index in [0.29, 0.717) is 29.1 Å². The van der Waals surface area contributed by atoms with E-state index in [9.17, 15) is 13.2 Å². The molecule has 0 saturated heterocycles. The number of carbonyl (C=O) groups is 1. The maximum Gasteiger partial charge on any atom is 0.313 e. The minimum Gasteiger partial charge on any atom is -0.469 e. The molecule has 2 aromatic rings. The third-order valence-electron chi connectivity index (χ3n) is 4.59. The molecule has 8 heteroatoms. The molecule has 0 bridgehead atoms. The van der Waals surface area contributed by atoms with Crippen molar-refractivity contribution in [3.63, 3.8) is 0 Å². The summed E-state index contributed by atoms with van der Waals surface area (Å²) in [6.07, 6.45) is 0.360. The van der Waals surface area contributed by atoms with Crippen LogP contribution in [-0.4, -0.2) is 37.7 Å². The maximum absolute atomic E-state index is 13.4. The van der Waals surface area contributed by atoms with Crippen LogP contribution in [0, 0.1) is 13.8 Å². The molecular formula is C17H21N3O4S. The summed E-state index contributed by atoms with van der Waals surface area (Å²) in [6, 6.07) is 6.67. The van der Waals surface area contributed by atoms with Crippen LogP contribution in [0.4, 0.5) is 5.69 Å². The fraction of sp³-hybridized carbons (Fsp3) is 0.412. The van der Waals surface area contributed by atoms with Crippen molar-refractivity contribution in [3.05, 3.63) is 41.2 Å². The number of hydrogen-bond acceptors (Lipinski definition) is 5. The van der Waals surface area contributed by atoms with E-state index < -0.39 is 22.0 Å². The molecular weight excluding hydrogens is 342 g/mol. The maximum atomic E-state index is 13.4. The number of ether oxygens (including phenoxy) is 1. The van der Waals surface area contributed by atoms with E-state index in [4.69, 9.17) is 4.74 Å². The molecule has 134 valence electrons. The second-order valence-corrected chi connectivity index (χ2v) is 8.04. The highest BCUT2D eigenvalue weighted by Crippen LogP contribution is 2.42. The van der Waals surface area contributed by atoms with Crippen LogP contribution in [0.3, 0.4) is 0 Å². The SMILES string of the molecule is COC(=O)C1CC(C)N(S(=O)(=O)c2c(C)n[nH]c2C)c2ccccc21. The van der Waals surface area contributed by atoms with Crippen LogP contribution in [0.15, 0.2) is 29.2 Å². The Kier molecular flexibility index (Phi) is 4.32. The van der Waals surface area contributed by atoms with Crippen molar-refractivity contribution in [2.45, 2.75) is 44.0 Å². The predicted octanol–water partition coefficient (Wildman–Crippen LogP) is 2.27. The number of rotatable bonds is 3. The number of nitrogens with one attached hydrogen (secondary N) is 1. The van der Waals surface area contributed by atoms with Gasteiger partial charge in [-0.05, 0) is 38.8 Å². The summed E-state index contributed by atoms with van der Waals surface area (Å²) in [5.74, 6) is -0.832. The molecule has 7 nitrogen and oxygen atoms in total. The number of aromatic nitrogens is 2. The van der Waals surface area contributed by atoms with Crippen LogP contribution < -0.4 is 4.31 Å². The summed E-state index contributed by atoms with van der Waals surface area (Å²) >= 11 is 0. The van der Waals surface area contributed by atoms with Gasteiger partial charge in [-0.25, -0.2) is 8.42 Å². The molecule has 0 aliphatic carbocycles. The van der Waals surface area contributed by atoms with Crippen LogP contribution in [0.25, 0.3) is 0 Å². The number of para-hydroxylation sites is 1. The highest BCUT2D eigenvalue weighted by molar-refractivity contribution is 7.93. The number of esters is 1. The molecule has 0 fully saturated rings. The number of sulfonamides is 1. The van der Waals surface area contributed by atoms with Gasteiger partial charge >= 0.3 is 5.97 Å². The van der Waals surface area contributed by atoms with Crippen LogP contribution in [0.5, 0.6) is 0 Å². The summed E-state index contributed by atoms with van der Waals surface area (Å²) in [4.78, 5) is 12.3. The first-order chi connectivity index (χ1) is 11.8. The predicted molar refractivity (Wildman–Crippen MR) is 93.0 cm³/mol. The molecule has 25 heavy (non-hydrogen) atoms. The van der Waals surface area contributed by atoms with Crippen molar-refractivity contribution in [2.24, 2.45) is 0 Å². The number of methoxy groups -OCH3 is 1. The van der Waals surface area contributed by atoms with Crippen molar-refractivity contribution in [2.75, 3.05) is 11.4 Å². The lowest BCUT2D eigenvalue weighted by atomic mass is 9.87. The van der Waals surface area contributed by atoms with Gasteiger partial charge in [0.1, 0.15) is 4.90 Å². The lowest BCUT2D eigenvalue weighted by Gasteiger charge is -2.38. The van der Waals surface area contributed by atoms with Crippen molar-refractivity contribution in [1.82, 2.24) is 10.2 Å². The first-order valence-electron chi connectivity index (χ1n) is 8.01. The normalized spacial score (nSPS) is 20.2. The first kappa shape index (κ1) is 17.5. The second-order valence-electron chi connectivity index (χ2n) is 6.28. The van der Waals surface area contributed by atoms with Crippen molar-refractivity contribution in [3.8, 4) is 0 Å². The van der Waals surface area contributed by atoms with Gasteiger partial charge in [0.15, 0.2) is 0 Å². The minimum absolute atomic E-state index is 0.186. The zero-order chi connectivity index (χ0) is 18.4. The average molecular weight is 363 g/mol. The molecule has 0 saturated carbocycles.